The molecule has 2 aromatic rings. The Morgan fingerprint density at radius 2 is 2.00 bits per heavy atom. The Balaban J connectivity index is 2.03. The number of pyridine rings is 1. The standard InChI is InChI=1S/C15H14N4O4/c20-18(21)12-5-6-14(15(9-12)19(22)23)17-8-2-4-13(17)11-3-1-7-16-10-11/h1,3,5-7,9-10,13H,2,4,8H2. The van der Waals surface area contributed by atoms with E-state index in [-0.39, 0.29) is 17.4 Å². The quantitative estimate of drug-likeness (QED) is 0.634. The van der Waals surface area contributed by atoms with Crippen molar-refractivity contribution in [2.24, 2.45) is 0 Å². The van der Waals surface area contributed by atoms with Gasteiger partial charge in [-0.2, -0.15) is 0 Å². The fourth-order valence-electron chi connectivity index (χ4n) is 2.99. The SMILES string of the molecule is O=[N+]([O-])c1ccc(N2CCCC2c2cccnc2)c([N+](=O)[O-])c1. The Morgan fingerprint density at radius 1 is 1.17 bits per heavy atom. The van der Waals surface area contributed by atoms with Crippen LogP contribution in [0.1, 0.15) is 24.4 Å². The molecule has 0 saturated carbocycles. The van der Waals surface area contributed by atoms with Crippen molar-refractivity contribution in [2.75, 3.05) is 11.4 Å². The minimum absolute atomic E-state index is 0.0103. The van der Waals surface area contributed by atoms with Gasteiger partial charge in [0.15, 0.2) is 0 Å². The maximum atomic E-state index is 11.3. The van der Waals surface area contributed by atoms with Crippen LogP contribution in [0.15, 0.2) is 42.7 Å². The average Bonchev–Trinajstić information content (AvgIpc) is 3.04. The zero-order chi connectivity index (χ0) is 16.4. The van der Waals surface area contributed by atoms with Crippen LogP contribution in [-0.4, -0.2) is 21.4 Å². The van der Waals surface area contributed by atoms with Gasteiger partial charge in [-0.1, -0.05) is 6.07 Å². The Bertz CT molecular complexity index is 750. The lowest BCUT2D eigenvalue weighted by molar-refractivity contribution is -0.393. The third-order valence-corrected chi connectivity index (χ3v) is 4.00. The summed E-state index contributed by atoms with van der Waals surface area (Å²) < 4.78 is 0. The predicted octanol–water partition coefficient (Wildman–Crippen LogP) is 3.24. The second kappa shape index (κ2) is 5.99. The smallest absolute Gasteiger partial charge is 0.299 e. The molecule has 1 saturated heterocycles. The molecule has 1 atom stereocenters. The van der Waals surface area contributed by atoms with E-state index in [0.717, 1.165) is 24.5 Å². The molecule has 1 aliphatic heterocycles. The van der Waals surface area contributed by atoms with Crippen molar-refractivity contribution in [1.82, 2.24) is 4.98 Å². The molecule has 0 N–H and O–H groups in total. The van der Waals surface area contributed by atoms with Gasteiger partial charge in [0.1, 0.15) is 5.69 Å². The summed E-state index contributed by atoms with van der Waals surface area (Å²) in [5.41, 5.74) is 0.872. The molecule has 0 amide bonds. The molecule has 1 fully saturated rings. The maximum Gasteiger partial charge on any atom is 0.299 e. The van der Waals surface area contributed by atoms with Crippen LogP contribution in [0.3, 0.4) is 0 Å². The molecule has 0 bridgehead atoms. The van der Waals surface area contributed by atoms with E-state index in [2.05, 4.69) is 4.98 Å². The van der Waals surface area contributed by atoms with Crippen LogP contribution >= 0.6 is 0 Å². The fourth-order valence-corrected chi connectivity index (χ4v) is 2.99. The molecule has 8 heteroatoms. The lowest BCUT2D eigenvalue weighted by Gasteiger charge is -2.26. The van der Waals surface area contributed by atoms with Crippen molar-refractivity contribution in [3.63, 3.8) is 0 Å². The summed E-state index contributed by atoms with van der Waals surface area (Å²) in [5.74, 6) is 0. The third kappa shape index (κ3) is 2.83. The molecule has 1 aromatic heterocycles. The summed E-state index contributed by atoms with van der Waals surface area (Å²) in [6, 6.07) is 7.55. The Hall–Kier alpha value is -3.03. The summed E-state index contributed by atoms with van der Waals surface area (Å²) in [7, 11) is 0. The fraction of sp³-hybridized carbons (Fsp3) is 0.267. The Labute approximate surface area is 131 Å². The third-order valence-electron chi connectivity index (χ3n) is 4.00. The van der Waals surface area contributed by atoms with E-state index in [4.69, 9.17) is 0 Å². The number of benzene rings is 1. The second-order valence-electron chi connectivity index (χ2n) is 5.33. The highest BCUT2D eigenvalue weighted by molar-refractivity contribution is 5.68. The number of anilines is 1. The van der Waals surface area contributed by atoms with Crippen LogP contribution < -0.4 is 4.90 Å². The Kier molecular flexibility index (Phi) is 3.88. The minimum Gasteiger partial charge on any atom is -0.359 e. The van der Waals surface area contributed by atoms with Crippen molar-refractivity contribution >= 4 is 17.1 Å². The van der Waals surface area contributed by atoms with Gasteiger partial charge >= 0.3 is 0 Å². The zero-order valence-electron chi connectivity index (χ0n) is 12.2. The molecule has 0 spiro atoms. The van der Waals surface area contributed by atoms with Gasteiger partial charge in [0.05, 0.1) is 22.0 Å². The number of hydrogen-bond donors (Lipinski definition) is 0. The van der Waals surface area contributed by atoms with Crippen LogP contribution in [0.5, 0.6) is 0 Å². The molecular weight excluding hydrogens is 300 g/mol. The maximum absolute atomic E-state index is 11.3. The lowest BCUT2D eigenvalue weighted by atomic mass is 10.1. The van der Waals surface area contributed by atoms with Gasteiger partial charge in [0, 0.05) is 25.0 Å². The summed E-state index contributed by atoms with van der Waals surface area (Å²) in [6.45, 7) is 0.665. The molecule has 1 aliphatic rings. The van der Waals surface area contributed by atoms with Crippen LogP contribution in [0.2, 0.25) is 0 Å². The highest BCUT2D eigenvalue weighted by atomic mass is 16.6. The first-order valence-corrected chi connectivity index (χ1v) is 7.17. The van der Waals surface area contributed by atoms with Crippen molar-refractivity contribution in [3.05, 3.63) is 68.5 Å². The summed E-state index contributed by atoms with van der Waals surface area (Å²) in [5, 5.41) is 22.2. The molecule has 118 valence electrons. The number of nitro groups is 2. The van der Waals surface area contributed by atoms with Crippen molar-refractivity contribution in [3.8, 4) is 0 Å². The van der Waals surface area contributed by atoms with E-state index in [9.17, 15) is 20.2 Å². The summed E-state index contributed by atoms with van der Waals surface area (Å²) in [6.07, 6.45) is 5.19. The number of rotatable bonds is 4. The number of non-ortho nitro benzene ring substituents is 1. The topological polar surface area (TPSA) is 102 Å². The van der Waals surface area contributed by atoms with E-state index in [0.29, 0.717) is 12.2 Å². The highest BCUT2D eigenvalue weighted by Crippen LogP contribution is 2.41. The predicted molar refractivity (Wildman–Crippen MR) is 83.3 cm³/mol. The zero-order valence-corrected chi connectivity index (χ0v) is 12.2. The first-order chi connectivity index (χ1) is 11.1. The van der Waals surface area contributed by atoms with Gasteiger partial charge < -0.3 is 4.90 Å². The van der Waals surface area contributed by atoms with Crippen LogP contribution in [0.4, 0.5) is 17.1 Å². The molecule has 2 heterocycles. The van der Waals surface area contributed by atoms with E-state index in [1.807, 2.05) is 17.0 Å². The van der Waals surface area contributed by atoms with E-state index in [1.165, 1.54) is 12.1 Å². The molecule has 1 unspecified atom stereocenters. The second-order valence-corrected chi connectivity index (χ2v) is 5.33. The Morgan fingerprint density at radius 3 is 2.65 bits per heavy atom. The highest BCUT2D eigenvalue weighted by Gasteiger charge is 2.32. The van der Waals surface area contributed by atoms with E-state index in [1.54, 1.807) is 12.4 Å². The number of nitro benzene ring substituents is 2. The van der Waals surface area contributed by atoms with Gasteiger partial charge in [-0.15, -0.1) is 0 Å². The van der Waals surface area contributed by atoms with Gasteiger partial charge in [-0.25, -0.2) is 0 Å². The van der Waals surface area contributed by atoms with Crippen LogP contribution in [0.25, 0.3) is 0 Å². The first kappa shape index (κ1) is 14.9. The molecular formula is C15H14N4O4. The number of nitrogens with zero attached hydrogens (tertiary/aromatic N) is 4. The molecule has 23 heavy (non-hydrogen) atoms. The van der Waals surface area contributed by atoms with Gasteiger partial charge in [0.2, 0.25) is 0 Å². The lowest BCUT2D eigenvalue weighted by Crippen LogP contribution is -2.23. The molecule has 8 nitrogen and oxygen atoms in total. The van der Waals surface area contributed by atoms with Crippen molar-refractivity contribution in [2.45, 2.75) is 18.9 Å². The number of aromatic nitrogens is 1. The summed E-state index contributed by atoms with van der Waals surface area (Å²) >= 11 is 0. The summed E-state index contributed by atoms with van der Waals surface area (Å²) in [4.78, 5) is 27.0. The minimum atomic E-state index is -0.626. The van der Waals surface area contributed by atoms with Crippen LogP contribution in [-0.2, 0) is 0 Å². The molecule has 0 aliphatic carbocycles. The normalized spacial score (nSPS) is 17.2. The van der Waals surface area contributed by atoms with E-state index >= 15 is 0 Å². The van der Waals surface area contributed by atoms with Gasteiger partial charge in [-0.05, 0) is 30.5 Å². The average molecular weight is 314 g/mol. The molecule has 1 aromatic carbocycles. The first-order valence-electron chi connectivity index (χ1n) is 7.17. The van der Waals surface area contributed by atoms with Crippen molar-refractivity contribution < 1.29 is 9.85 Å². The molecule has 0 radical (unpaired) electrons. The van der Waals surface area contributed by atoms with Gasteiger partial charge in [-0.3, -0.25) is 25.2 Å². The molecule has 3 rings (SSSR count). The van der Waals surface area contributed by atoms with Crippen LogP contribution in [0, 0.1) is 20.2 Å². The monoisotopic (exact) mass is 314 g/mol. The van der Waals surface area contributed by atoms with E-state index < -0.39 is 9.85 Å². The number of hydrogen-bond acceptors (Lipinski definition) is 6. The largest absolute Gasteiger partial charge is 0.359 e. The van der Waals surface area contributed by atoms with Gasteiger partial charge in [0.25, 0.3) is 11.4 Å². The van der Waals surface area contributed by atoms with Crippen molar-refractivity contribution in [1.29, 1.82) is 0 Å².